The number of ether oxygens (including phenoxy) is 2. The molecule has 0 amide bonds. The van der Waals surface area contributed by atoms with E-state index in [4.69, 9.17) is 26.1 Å². The summed E-state index contributed by atoms with van der Waals surface area (Å²) in [4.78, 5) is 20.9. The number of aromatic nitrogens is 2. The molecule has 1 aromatic heterocycles. The molecule has 0 saturated carbocycles. The SMILES string of the molecule is O=C(O)c1ccc2nc(CN3CCN(c4ccc(F)c(OCc5ccc(Cl)cc5F)c4)CC3)n(CC3CCO3)c2c1. The van der Waals surface area contributed by atoms with Crippen LogP contribution in [0, 0.1) is 11.6 Å². The molecule has 3 heterocycles. The molecule has 11 heteroatoms. The second-order valence-electron chi connectivity index (χ2n) is 10.3. The quantitative estimate of drug-likeness (QED) is 0.285. The minimum absolute atomic E-state index is 0.0620. The molecule has 1 atom stereocenters. The van der Waals surface area contributed by atoms with Gasteiger partial charge in [0.05, 0.1) is 35.8 Å². The molecule has 4 aromatic rings. The summed E-state index contributed by atoms with van der Waals surface area (Å²) in [6, 6.07) is 14.1. The summed E-state index contributed by atoms with van der Waals surface area (Å²) in [7, 11) is 0. The van der Waals surface area contributed by atoms with Crippen LogP contribution in [0.5, 0.6) is 5.75 Å². The number of hydrogen-bond acceptors (Lipinski definition) is 6. The first kappa shape index (κ1) is 27.4. The van der Waals surface area contributed by atoms with Crippen LogP contribution >= 0.6 is 11.6 Å². The number of imidazole rings is 1. The van der Waals surface area contributed by atoms with Gasteiger partial charge in [-0.25, -0.2) is 18.6 Å². The van der Waals surface area contributed by atoms with Crippen LogP contribution in [0.2, 0.25) is 5.02 Å². The number of anilines is 1. The maximum Gasteiger partial charge on any atom is 0.335 e. The normalized spacial score (nSPS) is 17.5. The maximum absolute atomic E-state index is 14.5. The lowest BCUT2D eigenvalue weighted by molar-refractivity contribution is -0.0592. The van der Waals surface area contributed by atoms with E-state index in [-0.39, 0.29) is 29.0 Å². The molecule has 1 N–H and O–H groups in total. The lowest BCUT2D eigenvalue weighted by atomic mass is 10.1. The zero-order chi connectivity index (χ0) is 28.5. The topological polar surface area (TPSA) is 80.1 Å². The van der Waals surface area contributed by atoms with Gasteiger partial charge in [0, 0.05) is 55.1 Å². The number of aromatic carboxylic acids is 1. The van der Waals surface area contributed by atoms with E-state index in [1.54, 1.807) is 36.4 Å². The van der Waals surface area contributed by atoms with E-state index in [0.29, 0.717) is 31.7 Å². The van der Waals surface area contributed by atoms with E-state index in [1.165, 1.54) is 18.2 Å². The average Bonchev–Trinajstić information content (AvgIpc) is 3.27. The second-order valence-corrected chi connectivity index (χ2v) is 10.8. The van der Waals surface area contributed by atoms with Crippen molar-refractivity contribution in [2.45, 2.75) is 32.2 Å². The standard InChI is InChI=1S/C30H29ClF2N4O4/c31-21-3-1-20(25(33)14-21)18-41-28-15-22(4-5-24(28)32)36-10-8-35(9-11-36)17-29-34-26-6-2-19(30(38)39)13-27(26)37(29)16-23-7-12-40-23/h1-6,13-15,23H,7-12,16-18H2,(H,38,39). The zero-order valence-electron chi connectivity index (χ0n) is 22.2. The number of piperazine rings is 1. The number of fused-ring (bicyclic) bond motifs is 1. The van der Waals surface area contributed by atoms with Gasteiger partial charge in [-0.2, -0.15) is 0 Å². The highest BCUT2D eigenvalue weighted by Crippen LogP contribution is 2.28. The highest BCUT2D eigenvalue weighted by atomic mass is 35.5. The summed E-state index contributed by atoms with van der Waals surface area (Å²) in [5.41, 5.74) is 2.91. The van der Waals surface area contributed by atoms with Crippen molar-refractivity contribution in [2.24, 2.45) is 0 Å². The lowest BCUT2D eigenvalue weighted by Crippen LogP contribution is -2.46. The highest BCUT2D eigenvalue weighted by Gasteiger charge is 2.25. The first-order valence-electron chi connectivity index (χ1n) is 13.5. The van der Waals surface area contributed by atoms with Crippen LogP contribution < -0.4 is 9.64 Å². The number of halogens is 3. The molecule has 2 fully saturated rings. The Morgan fingerprint density at radius 2 is 1.85 bits per heavy atom. The van der Waals surface area contributed by atoms with E-state index in [1.807, 2.05) is 0 Å². The summed E-state index contributed by atoms with van der Waals surface area (Å²) in [5.74, 6) is -1.04. The molecule has 41 heavy (non-hydrogen) atoms. The molecule has 2 aliphatic heterocycles. The Balaban J connectivity index is 1.12. The van der Waals surface area contributed by atoms with Crippen LogP contribution in [-0.2, 0) is 24.4 Å². The number of benzene rings is 3. The van der Waals surface area contributed by atoms with Gasteiger partial charge in [0.15, 0.2) is 11.6 Å². The number of nitrogens with zero attached hydrogens (tertiary/aromatic N) is 4. The minimum Gasteiger partial charge on any atom is -0.486 e. The van der Waals surface area contributed by atoms with E-state index >= 15 is 0 Å². The van der Waals surface area contributed by atoms with Crippen molar-refractivity contribution < 1.29 is 28.2 Å². The van der Waals surface area contributed by atoms with Crippen molar-refractivity contribution in [3.63, 3.8) is 0 Å². The molecule has 8 nitrogen and oxygen atoms in total. The van der Waals surface area contributed by atoms with Crippen molar-refractivity contribution in [3.05, 3.63) is 88.2 Å². The third kappa shape index (κ3) is 6.00. The highest BCUT2D eigenvalue weighted by molar-refractivity contribution is 6.30. The predicted octanol–water partition coefficient (Wildman–Crippen LogP) is 5.36. The van der Waals surface area contributed by atoms with Gasteiger partial charge in [0.1, 0.15) is 18.2 Å². The fourth-order valence-corrected chi connectivity index (χ4v) is 5.38. The van der Waals surface area contributed by atoms with Crippen molar-refractivity contribution in [3.8, 4) is 5.75 Å². The Bertz CT molecular complexity index is 1580. The monoisotopic (exact) mass is 582 g/mol. The molecule has 0 bridgehead atoms. The average molecular weight is 583 g/mol. The van der Waals surface area contributed by atoms with Gasteiger partial charge in [0.2, 0.25) is 0 Å². The molecule has 3 aromatic carbocycles. The molecule has 0 aliphatic carbocycles. The number of hydrogen-bond donors (Lipinski definition) is 1. The third-order valence-corrected chi connectivity index (χ3v) is 7.90. The predicted molar refractivity (Wildman–Crippen MR) is 151 cm³/mol. The van der Waals surface area contributed by atoms with Crippen LogP contribution in [-0.4, -0.2) is 64.4 Å². The van der Waals surface area contributed by atoms with E-state index in [2.05, 4.69) is 14.4 Å². The first-order chi connectivity index (χ1) is 19.8. The molecule has 1 unspecified atom stereocenters. The van der Waals surface area contributed by atoms with Crippen molar-refractivity contribution in [2.75, 3.05) is 37.7 Å². The number of rotatable bonds is 9. The van der Waals surface area contributed by atoms with Gasteiger partial charge < -0.3 is 24.0 Å². The minimum atomic E-state index is -0.969. The molecule has 0 spiro atoms. The fourth-order valence-electron chi connectivity index (χ4n) is 5.22. The Morgan fingerprint density at radius 3 is 2.56 bits per heavy atom. The van der Waals surface area contributed by atoms with Gasteiger partial charge in [-0.05, 0) is 48.9 Å². The third-order valence-electron chi connectivity index (χ3n) is 7.67. The van der Waals surface area contributed by atoms with E-state index in [0.717, 1.165) is 48.7 Å². The Morgan fingerprint density at radius 1 is 1.05 bits per heavy atom. The summed E-state index contributed by atoms with van der Waals surface area (Å²) in [6.45, 7) is 4.81. The zero-order valence-corrected chi connectivity index (χ0v) is 23.0. The molecule has 214 valence electrons. The molecular weight excluding hydrogens is 554 g/mol. The fraction of sp³-hybridized carbons (Fsp3) is 0.333. The number of carbonyl (C=O) groups is 1. The Hall–Kier alpha value is -3.73. The molecule has 6 rings (SSSR count). The van der Waals surface area contributed by atoms with Crippen LogP contribution in [0.4, 0.5) is 14.5 Å². The Labute approximate surface area is 240 Å². The van der Waals surface area contributed by atoms with Crippen LogP contribution in [0.1, 0.15) is 28.2 Å². The van der Waals surface area contributed by atoms with Gasteiger partial charge in [-0.1, -0.05) is 17.7 Å². The maximum atomic E-state index is 14.5. The lowest BCUT2D eigenvalue weighted by Gasteiger charge is -2.36. The van der Waals surface area contributed by atoms with Crippen LogP contribution in [0.25, 0.3) is 11.0 Å². The smallest absolute Gasteiger partial charge is 0.335 e. The van der Waals surface area contributed by atoms with Crippen molar-refractivity contribution in [1.82, 2.24) is 14.5 Å². The van der Waals surface area contributed by atoms with Gasteiger partial charge in [-0.3, -0.25) is 4.90 Å². The molecule has 2 saturated heterocycles. The van der Waals surface area contributed by atoms with Gasteiger partial charge >= 0.3 is 5.97 Å². The summed E-state index contributed by atoms with van der Waals surface area (Å²) in [6.07, 6.45) is 1.07. The summed E-state index contributed by atoms with van der Waals surface area (Å²) in [5, 5.41) is 9.77. The molecule has 2 aliphatic rings. The Kier molecular flexibility index (Phi) is 7.79. The number of carboxylic acids is 1. The van der Waals surface area contributed by atoms with Crippen LogP contribution in [0.15, 0.2) is 54.6 Å². The number of carboxylic acid groups (broad SMARTS) is 1. The largest absolute Gasteiger partial charge is 0.486 e. The van der Waals surface area contributed by atoms with E-state index in [9.17, 15) is 18.7 Å². The van der Waals surface area contributed by atoms with Gasteiger partial charge in [-0.15, -0.1) is 0 Å². The molecular formula is C30H29ClF2N4O4. The molecule has 0 radical (unpaired) electrons. The van der Waals surface area contributed by atoms with Gasteiger partial charge in [0.25, 0.3) is 0 Å². The first-order valence-corrected chi connectivity index (χ1v) is 13.9. The van der Waals surface area contributed by atoms with E-state index < -0.39 is 17.6 Å². The van der Waals surface area contributed by atoms with Crippen LogP contribution in [0.3, 0.4) is 0 Å². The van der Waals surface area contributed by atoms with Crippen molar-refractivity contribution >= 4 is 34.3 Å². The van der Waals surface area contributed by atoms with Crippen molar-refractivity contribution in [1.29, 1.82) is 0 Å². The second kappa shape index (κ2) is 11.6. The summed E-state index contributed by atoms with van der Waals surface area (Å²) < 4.78 is 42.0. The summed E-state index contributed by atoms with van der Waals surface area (Å²) >= 11 is 5.81.